The normalized spacial score (nSPS) is 12.2. The summed E-state index contributed by atoms with van der Waals surface area (Å²) in [6.45, 7) is 4.99. The summed E-state index contributed by atoms with van der Waals surface area (Å²) in [5.74, 6) is -0.189. The van der Waals surface area contributed by atoms with Crippen molar-refractivity contribution in [3.05, 3.63) is 57.7 Å². The Kier molecular flexibility index (Phi) is 9.53. The lowest BCUT2D eigenvalue weighted by Gasteiger charge is -2.32. The van der Waals surface area contributed by atoms with Crippen molar-refractivity contribution < 1.29 is 22.7 Å². The van der Waals surface area contributed by atoms with Gasteiger partial charge < -0.3 is 15.0 Å². The summed E-state index contributed by atoms with van der Waals surface area (Å²) in [7, 11) is -2.20. The lowest BCUT2D eigenvalue weighted by molar-refractivity contribution is -0.139. The number of carbonyl (C=O) groups is 2. The monoisotopic (exact) mass is 587 g/mol. The summed E-state index contributed by atoms with van der Waals surface area (Å²) in [4.78, 5) is 27.6. The highest BCUT2D eigenvalue weighted by Crippen LogP contribution is 2.21. The molecule has 0 radical (unpaired) electrons. The minimum absolute atomic E-state index is 0.104. The highest BCUT2D eigenvalue weighted by molar-refractivity contribution is 14.1. The lowest BCUT2D eigenvalue weighted by atomic mass is 10.1. The van der Waals surface area contributed by atoms with Gasteiger partial charge in [0.2, 0.25) is 21.8 Å². The number of carbonyl (C=O) groups excluding carboxylic acids is 2. The molecule has 0 aromatic heterocycles. The van der Waals surface area contributed by atoms with Gasteiger partial charge in [0.15, 0.2) is 0 Å². The van der Waals surface area contributed by atoms with Gasteiger partial charge in [-0.05, 0) is 85.3 Å². The molecule has 180 valence electrons. The quantitative estimate of drug-likeness (QED) is 0.432. The molecule has 0 aliphatic heterocycles. The van der Waals surface area contributed by atoms with E-state index in [-0.39, 0.29) is 18.5 Å². The number of hydrogen-bond acceptors (Lipinski definition) is 5. The smallest absolute Gasteiger partial charge is 0.244 e. The molecular weight excluding hydrogens is 557 g/mol. The van der Waals surface area contributed by atoms with E-state index in [1.54, 1.807) is 56.5 Å². The molecule has 1 N–H and O–H groups in total. The van der Waals surface area contributed by atoms with Gasteiger partial charge in [0.1, 0.15) is 18.3 Å². The maximum atomic E-state index is 13.4. The molecular formula is C23H30IN3O5S. The van der Waals surface area contributed by atoms with Crippen LogP contribution in [0.5, 0.6) is 5.75 Å². The van der Waals surface area contributed by atoms with Crippen LogP contribution < -0.4 is 14.4 Å². The third kappa shape index (κ3) is 7.88. The summed E-state index contributed by atoms with van der Waals surface area (Å²) < 4.78 is 32.3. The van der Waals surface area contributed by atoms with Gasteiger partial charge in [-0.2, -0.15) is 0 Å². The number of amides is 2. The molecule has 0 fully saturated rings. The van der Waals surface area contributed by atoms with Crippen molar-refractivity contribution in [2.75, 3.05) is 24.2 Å². The average Bonchev–Trinajstić information content (AvgIpc) is 2.74. The van der Waals surface area contributed by atoms with E-state index in [1.807, 2.05) is 19.9 Å². The molecule has 0 spiro atoms. The molecule has 2 aromatic carbocycles. The minimum Gasteiger partial charge on any atom is -0.497 e. The minimum atomic E-state index is -3.75. The second-order valence-electron chi connectivity index (χ2n) is 7.96. The van der Waals surface area contributed by atoms with Crippen molar-refractivity contribution in [2.24, 2.45) is 0 Å². The van der Waals surface area contributed by atoms with Crippen LogP contribution in [0.4, 0.5) is 5.69 Å². The van der Waals surface area contributed by atoms with Crippen molar-refractivity contribution >= 4 is 50.1 Å². The molecule has 8 nitrogen and oxygen atoms in total. The van der Waals surface area contributed by atoms with Gasteiger partial charge in [0.05, 0.1) is 19.1 Å². The van der Waals surface area contributed by atoms with Crippen molar-refractivity contribution in [2.45, 2.75) is 39.4 Å². The fourth-order valence-electron chi connectivity index (χ4n) is 3.18. The number of methoxy groups -OCH3 is 1. The first-order chi connectivity index (χ1) is 15.4. The van der Waals surface area contributed by atoms with E-state index in [0.717, 1.165) is 19.7 Å². The molecule has 1 atom stereocenters. The Morgan fingerprint density at radius 2 is 1.73 bits per heavy atom. The molecule has 0 saturated carbocycles. The topological polar surface area (TPSA) is 96.0 Å². The first kappa shape index (κ1) is 26.9. The third-order valence-electron chi connectivity index (χ3n) is 4.88. The molecule has 0 heterocycles. The number of halogens is 1. The molecule has 0 aliphatic rings. The van der Waals surface area contributed by atoms with E-state index in [0.29, 0.717) is 11.4 Å². The Balaban J connectivity index is 2.39. The molecule has 0 saturated heterocycles. The molecule has 2 aromatic rings. The van der Waals surface area contributed by atoms with E-state index in [2.05, 4.69) is 27.9 Å². The van der Waals surface area contributed by atoms with Gasteiger partial charge in [-0.3, -0.25) is 13.9 Å². The molecule has 2 rings (SSSR count). The summed E-state index contributed by atoms with van der Waals surface area (Å²) in [6.07, 6.45) is 1.06. The number of nitrogens with zero attached hydrogens (tertiary/aromatic N) is 2. The Labute approximate surface area is 209 Å². The largest absolute Gasteiger partial charge is 0.497 e. The highest BCUT2D eigenvalue weighted by atomic mass is 127. The predicted molar refractivity (Wildman–Crippen MR) is 138 cm³/mol. The summed E-state index contributed by atoms with van der Waals surface area (Å²) in [5.41, 5.74) is 1.14. The van der Waals surface area contributed by atoms with E-state index in [1.165, 1.54) is 4.90 Å². The van der Waals surface area contributed by atoms with Crippen LogP contribution in [0.2, 0.25) is 0 Å². The summed E-state index contributed by atoms with van der Waals surface area (Å²) >= 11 is 2.12. The zero-order valence-corrected chi connectivity index (χ0v) is 22.4. The third-order valence-corrected chi connectivity index (χ3v) is 6.74. The zero-order valence-electron chi connectivity index (χ0n) is 19.4. The molecule has 10 heteroatoms. The number of ether oxygens (including phenoxy) is 1. The average molecular weight is 587 g/mol. The molecule has 0 bridgehead atoms. The van der Waals surface area contributed by atoms with Gasteiger partial charge >= 0.3 is 0 Å². The van der Waals surface area contributed by atoms with Gasteiger partial charge in [0, 0.05) is 16.2 Å². The van der Waals surface area contributed by atoms with Crippen LogP contribution in [-0.4, -0.2) is 57.1 Å². The fourth-order valence-corrected chi connectivity index (χ4v) is 4.39. The van der Waals surface area contributed by atoms with E-state index < -0.39 is 28.5 Å². The number of nitrogens with one attached hydrogen (secondary N) is 1. The van der Waals surface area contributed by atoms with Crippen LogP contribution in [0.3, 0.4) is 0 Å². The van der Waals surface area contributed by atoms with Crippen LogP contribution in [0.15, 0.2) is 48.5 Å². The van der Waals surface area contributed by atoms with Crippen molar-refractivity contribution in [1.82, 2.24) is 10.2 Å². The van der Waals surface area contributed by atoms with Crippen LogP contribution in [0.25, 0.3) is 0 Å². The number of sulfonamides is 1. The SMILES string of the molecule is COc1cccc(CN(C(=O)CN(c2ccc(I)cc2)S(C)(=O)=O)[C@@H](C)C(=O)NC(C)C)c1. The first-order valence-corrected chi connectivity index (χ1v) is 13.3. The Hall–Kier alpha value is -2.34. The van der Waals surface area contributed by atoms with E-state index >= 15 is 0 Å². The molecule has 0 aliphatic carbocycles. The number of benzene rings is 2. The number of hydrogen-bond donors (Lipinski definition) is 1. The summed E-state index contributed by atoms with van der Waals surface area (Å²) in [5, 5.41) is 2.82. The summed E-state index contributed by atoms with van der Waals surface area (Å²) in [6, 6.07) is 13.1. The zero-order chi connectivity index (χ0) is 24.8. The predicted octanol–water partition coefficient (Wildman–Crippen LogP) is 3.01. The van der Waals surface area contributed by atoms with Crippen LogP contribution in [0, 0.1) is 3.57 Å². The van der Waals surface area contributed by atoms with Crippen molar-refractivity contribution in [3.8, 4) is 5.75 Å². The van der Waals surface area contributed by atoms with Crippen LogP contribution in [0.1, 0.15) is 26.3 Å². The highest BCUT2D eigenvalue weighted by Gasteiger charge is 2.30. The van der Waals surface area contributed by atoms with Gasteiger partial charge in [0.25, 0.3) is 0 Å². The van der Waals surface area contributed by atoms with Crippen molar-refractivity contribution in [3.63, 3.8) is 0 Å². The number of anilines is 1. The molecule has 2 amide bonds. The molecule has 0 unspecified atom stereocenters. The van der Waals surface area contributed by atoms with Gasteiger partial charge in [-0.15, -0.1) is 0 Å². The Bertz CT molecular complexity index is 1070. The Morgan fingerprint density at radius 1 is 1.09 bits per heavy atom. The van der Waals surface area contributed by atoms with Crippen LogP contribution in [-0.2, 0) is 26.2 Å². The van der Waals surface area contributed by atoms with Gasteiger partial charge in [-0.25, -0.2) is 8.42 Å². The van der Waals surface area contributed by atoms with E-state index in [9.17, 15) is 18.0 Å². The maximum Gasteiger partial charge on any atom is 0.244 e. The second kappa shape index (κ2) is 11.7. The fraction of sp³-hybridized carbons (Fsp3) is 0.391. The second-order valence-corrected chi connectivity index (χ2v) is 11.1. The number of rotatable bonds is 10. The molecule has 33 heavy (non-hydrogen) atoms. The maximum absolute atomic E-state index is 13.4. The van der Waals surface area contributed by atoms with Crippen molar-refractivity contribution in [1.29, 1.82) is 0 Å². The standard InChI is InChI=1S/C23H30IN3O5S/c1-16(2)25-23(29)17(3)26(14-18-7-6-8-21(13-18)32-4)22(28)15-27(33(5,30)31)20-11-9-19(24)10-12-20/h6-13,16-17H,14-15H2,1-5H3,(H,25,29)/t17-/m0/s1. The van der Waals surface area contributed by atoms with E-state index in [4.69, 9.17) is 4.74 Å². The van der Waals surface area contributed by atoms with Crippen LogP contribution >= 0.6 is 22.6 Å². The Morgan fingerprint density at radius 3 is 2.27 bits per heavy atom. The van der Waals surface area contributed by atoms with Gasteiger partial charge in [-0.1, -0.05) is 12.1 Å². The lowest BCUT2D eigenvalue weighted by Crippen LogP contribution is -2.52. The first-order valence-electron chi connectivity index (χ1n) is 10.4.